The van der Waals surface area contributed by atoms with Gasteiger partial charge in [-0.15, -0.1) is 0 Å². The summed E-state index contributed by atoms with van der Waals surface area (Å²) in [6, 6.07) is 5.97. The van der Waals surface area contributed by atoms with Gasteiger partial charge in [-0.05, 0) is 37.3 Å². The van der Waals surface area contributed by atoms with Gasteiger partial charge >= 0.3 is 5.97 Å². The Bertz CT molecular complexity index is 807. The number of amides is 1. The normalized spacial score (nSPS) is 17.1. The molecule has 1 aliphatic rings. The fourth-order valence-corrected chi connectivity index (χ4v) is 3.49. The summed E-state index contributed by atoms with van der Waals surface area (Å²) in [7, 11) is 1.36. The number of aromatic nitrogens is 1. The van der Waals surface area contributed by atoms with E-state index in [2.05, 4.69) is 19.9 Å². The lowest BCUT2D eigenvalue weighted by atomic mass is 9.94. The molecule has 1 saturated heterocycles. The lowest BCUT2D eigenvalue weighted by Crippen LogP contribution is -2.38. The maximum Gasteiger partial charge on any atom is 0.305 e. The molecule has 1 aromatic heterocycles. The van der Waals surface area contributed by atoms with Crippen molar-refractivity contribution in [3.63, 3.8) is 0 Å². The predicted molar refractivity (Wildman–Crippen MR) is 103 cm³/mol. The third kappa shape index (κ3) is 5.35. The second-order valence-corrected chi connectivity index (χ2v) is 7.23. The van der Waals surface area contributed by atoms with Crippen LogP contribution in [0.1, 0.15) is 32.1 Å². The molecule has 0 saturated carbocycles. The summed E-state index contributed by atoms with van der Waals surface area (Å²) < 4.78 is 10.4. The summed E-state index contributed by atoms with van der Waals surface area (Å²) in [5, 5.41) is 3.49. The van der Waals surface area contributed by atoms with Crippen molar-refractivity contribution in [1.29, 1.82) is 0 Å². The predicted octanol–water partition coefficient (Wildman–Crippen LogP) is 3.16. The van der Waals surface area contributed by atoms with Gasteiger partial charge in [0.25, 0.3) is 6.01 Å². The molecule has 146 valence electrons. The van der Waals surface area contributed by atoms with E-state index in [0.29, 0.717) is 42.4 Å². The van der Waals surface area contributed by atoms with Crippen LogP contribution in [0.2, 0.25) is 5.02 Å². The van der Waals surface area contributed by atoms with Gasteiger partial charge in [0.2, 0.25) is 5.91 Å². The second-order valence-electron chi connectivity index (χ2n) is 6.80. The highest BCUT2D eigenvalue weighted by Gasteiger charge is 2.25. The van der Waals surface area contributed by atoms with E-state index in [9.17, 15) is 9.59 Å². The molecule has 3 rings (SSSR count). The second kappa shape index (κ2) is 9.08. The number of piperidine rings is 1. The van der Waals surface area contributed by atoms with E-state index in [1.54, 1.807) is 12.1 Å². The van der Waals surface area contributed by atoms with Crippen LogP contribution in [0.15, 0.2) is 22.6 Å². The molecule has 1 amide bonds. The number of benzene rings is 1. The Morgan fingerprint density at radius 2 is 2.30 bits per heavy atom. The number of halogens is 1. The lowest BCUT2D eigenvalue weighted by Gasteiger charge is -2.31. The Morgan fingerprint density at radius 1 is 1.44 bits per heavy atom. The van der Waals surface area contributed by atoms with Gasteiger partial charge in [0.05, 0.1) is 7.11 Å². The number of nitrogens with one attached hydrogen (secondary N) is 1. The molecule has 1 atom stereocenters. The standard InChI is InChI=1S/C19H24ClN3O4/c1-26-18(25)5-2-8-21-17(24)10-13-4-3-9-23(12-13)19-22-15-7-6-14(20)11-16(15)27-19/h6-7,11,13H,2-5,8-10,12H2,1H3,(H,21,24). The van der Waals surface area contributed by atoms with Crippen LogP contribution in [-0.4, -0.2) is 43.6 Å². The summed E-state index contributed by atoms with van der Waals surface area (Å²) in [5.74, 6) is 0.000753. The first-order valence-corrected chi connectivity index (χ1v) is 9.57. The first kappa shape index (κ1) is 19.5. The first-order chi connectivity index (χ1) is 13.0. The van der Waals surface area contributed by atoms with Crippen molar-refractivity contribution in [2.45, 2.75) is 32.1 Å². The SMILES string of the molecule is COC(=O)CCCNC(=O)CC1CCCN(c2nc3ccc(Cl)cc3o2)C1. The summed E-state index contributed by atoms with van der Waals surface area (Å²) in [4.78, 5) is 29.8. The Morgan fingerprint density at radius 3 is 3.11 bits per heavy atom. The average Bonchev–Trinajstić information content (AvgIpc) is 3.08. The number of esters is 1. The Balaban J connectivity index is 1.49. The summed E-state index contributed by atoms with van der Waals surface area (Å²) in [6.45, 7) is 2.07. The number of carbonyl (C=O) groups excluding carboxylic acids is 2. The first-order valence-electron chi connectivity index (χ1n) is 9.19. The minimum Gasteiger partial charge on any atom is -0.469 e. The minimum absolute atomic E-state index is 0.0102. The number of nitrogens with zero attached hydrogens (tertiary/aromatic N) is 2. The number of carbonyl (C=O) groups is 2. The van der Waals surface area contributed by atoms with Gasteiger partial charge in [-0.2, -0.15) is 4.98 Å². The van der Waals surface area contributed by atoms with E-state index < -0.39 is 0 Å². The highest BCUT2D eigenvalue weighted by atomic mass is 35.5. The zero-order valence-corrected chi connectivity index (χ0v) is 16.1. The van der Waals surface area contributed by atoms with Gasteiger partial charge in [-0.1, -0.05) is 11.6 Å². The molecule has 1 unspecified atom stereocenters. The zero-order valence-electron chi connectivity index (χ0n) is 15.4. The van der Waals surface area contributed by atoms with Crippen LogP contribution in [-0.2, 0) is 14.3 Å². The van der Waals surface area contributed by atoms with Crippen molar-refractivity contribution in [3.8, 4) is 0 Å². The molecule has 1 aromatic carbocycles. The third-order valence-corrected chi connectivity index (χ3v) is 4.95. The van der Waals surface area contributed by atoms with Crippen molar-refractivity contribution in [2.75, 3.05) is 31.6 Å². The number of hydrogen-bond acceptors (Lipinski definition) is 6. The molecular weight excluding hydrogens is 370 g/mol. The number of methoxy groups -OCH3 is 1. The molecular formula is C19H24ClN3O4. The molecule has 8 heteroatoms. The smallest absolute Gasteiger partial charge is 0.305 e. The number of hydrogen-bond donors (Lipinski definition) is 1. The van der Waals surface area contributed by atoms with Crippen LogP contribution in [0, 0.1) is 5.92 Å². The van der Waals surface area contributed by atoms with Crippen LogP contribution in [0.5, 0.6) is 0 Å². The van der Waals surface area contributed by atoms with E-state index in [0.717, 1.165) is 31.4 Å². The number of fused-ring (bicyclic) bond motifs is 1. The third-order valence-electron chi connectivity index (χ3n) is 4.71. The van der Waals surface area contributed by atoms with Crippen molar-refractivity contribution >= 4 is 40.6 Å². The monoisotopic (exact) mass is 393 g/mol. The van der Waals surface area contributed by atoms with Crippen molar-refractivity contribution < 1.29 is 18.7 Å². The molecule has 2 aromatic rings. The molecule has 0 radical (unpaired) electrons. The molecule has 0 bridgehead atoms. The number of oxazole rings is 1. The maximum atomic E-state index is 12.1. The zero-order chi connectivity index (χ0) is 19.2. The molecule has 1 aliphatic heterocycles. The molecule has 27 heavy (non-hydrogen) atoms. The minimum atomic E-state index is -0.258. The van der Waals surface area contributed by atoms with E-state index in [-0.39, 0.29) is 17.8 Å². The topological polar surface area (TPSA) is 84.7 Å². The van der Waals surface area contributed by atoms with Crippen LogP contribution in [0.25, 0.3) is 11.1 Å². The van der Waals surface area contributed by atoms with Crippen molar-refractivity contribution in [1.82, 2.24) is 10.3 Å². The van der Waals surface area contributed by atoms with Crippen LogP contribution >= 0.6 is 11.6 Å². The summed E-state index contributed by atoms with van der Waals surface area (Å²) >= 11 is 6.00. The fourth-order valence-electron chi connectivity index (χ4n) is 3.32. The van der Waals surface area contributed by atoms with Crippen molar-refractivity contribution in [3.05, 3.63) is 23.2 Å². The Hall–Kier alpha value is -2.28. The number of anilines is 1. The number of rotatable bonds is 7. The molecule has 1 fully saturated rings. The van der Waals surface area contributed by atoms with E-state index >= 15 is 0 Å². The van der Waals surface area contributed by atoms with Gasteiger partial charge in [0.15, 0.2) is 5.58 Å². The van der Waals surface area contributed by atoms with Gasteiger partial charge in [0, 0.05) is 43.6 Å². The molecule has 0 spiro atoms. The van der Waals surface area contributed by atoms with E-state index in [1.807, 2.05) is 6.07 Å². The average molecular weight is 394 g/mol. The van der Waals surface area contributed by atoms with Gasteiger partial charge in [-0.3, -0.25) is 9.59 Å². The Labute approximate surface area is 163 Å². The van der Waals surface area contributed by atoms with E-state index in [1.165, 1.54) is 7.11 Å². The van der Waals surface area contributed by atoms with Gasteiger partial charge in [0.1, 0.15) is 5.52 Å². The van der Waals surface area contributed by atoms with Crippen LogP contribution in [0.3, 0.4) is 0 Å². The number of ether oxygens (including phenoxy) is 1. The summed E-state index contributed by atoms with van der Waals surface area (Å²) in [6.07, 6.45) is 3.34. The summed E-state index contributed by atoms with van der Waals surface area (Å²) in [5.41, 5.74) is 1.45. The molecule has 0 aliphatic carbocycles. The van der Waals surface area contributed by atoms with Gasteiger partial charge in [-0.25, -0.2) is 0 Å². The molecule has 7 nitrogen and oxygen atoms in total. The molecule has 1 N–H and O–H groups in total. The molecule has 2 heterocycles. The van der Waals surface area contributed by atoms with Gasteiger partial charge < -0.3 is 19.4 Å². The highest BCUT2D eigenvalue weighted by Crippen LogP contribution is 2.28. The quantitative estimate of drug-likeness (QED) is 0.574. The van der Waals surface area contributed by atoms with Crippen molar-refractivity contribution in [2.24, 2.45) is 5.92 Å². The fraction of sp³-hybridized carbons (Fsp3) is 0.526. The lowest BCUT2D eigenvalue weighted by molar-refractivity contribution is -0.140. The highest BCUT2D eigenvalue weighted by molar-refractivity contribution is 6.31. The largest absolute Gasteiger partial charge is 0.469 e. The maximum absolute atomic E-state index is 12.1. The van der Waals surface area contributed by atoms with Crippen LogP contribution in [0.4, 0.5) is 6.01 Å². The van der Waals surface area contributed by atoms with E-state index in [4.69, 9.17) is 16.0 Å². The Kier molecular flexibility index (Phi) is 6.55. The van der Waals surface area contributed by atoms with Crippen LogP contribution < -0.4 is 10.2 Å².